The van der Waals surface area contributed by atoms with Crippen molar-refractivity contribution in [2.24, 2.45) is 0 Å². The third-order valence-corrected chi connectivity index (χ3v) is 6.52. The smallest absolute Gasteiger partial charge is 0.244 e. The molecule has 0 radical (unpaired) electrons. The molecule has 0 saturated carbocycles. The Kier molecular flexibility index (Phi) is 7.82. The fraction of sp³-hybridized carbons (Fsp3) is 0.269. The molecule has 2 aromatic carbocycles. The zero-order valence-corrected chi connectivity index (χ0v) is 19.9. The van der Waals surface area contributed by atoms with Crippen LogP contribution in [0.1, 0.15) is 36.6 Å². The average Bonchev–Trinajstić information content (AvgIpc) is 3.51. The zero-order chi connectivity index (χ0) is 23.9. The molecule has 1 saturated heterocycles. The van der Waals surface area contributed by atoms with Gasteiger partial charge in [0.1, 0.15) is 5.82 Å². The fourth-order valence-electron chi connectivity index (χ4n) is 3.96. The number of nitrogens with zero attached hydrogens (tertiary/aromatic N) is 3. The Bertz CT molecular complexity index is 1190. The molecular formula is C26H27FN4O2S. The molecule has 8 heteroatoms. The Labute approximate surface area is 202 Å². The number of nitrogens with one attached hydrogen (secondary N) is 1. The van der Waals surface area contributed by atoms with E-state index in [2.05, 4.69) is 21.3 Å². The van der Waals surface area contributed by atoms with Gasteiger partial charge in [0.05, 0.1) is 11.4 Å². The molecule has 0 aliphatic carbocycles. The van der Waals surface area contributed by atoms with E-state index in [1.165, 1.54) is 59.8 Å². The third-order valence-electron chi connectivity index (χ3n) is 5.68. The van der Waals surface area contributed by atoms with E-state index in [9.17, 15) is 14.0 Å². The molecule has 1 aromatic heterocycles. The normalized spacial score (nSPS) is 13.9. The highest BCUT2D eigenvalue weighted by Gasteiger charge is 2.20. The minimum Gasteiger partial charge on any atom is -0.348 e. The summed E-state index contributed by atoms with van der Waals surface area (Å²) in [7, 11) is 0. The van der Waals surface area contributed by atoms with E-state index in [1.807, 2.05) is 18.2 Å². The summed E-state index contributed by atoms with van der Waals surface area (Å²) >= 11 is 1.21. The monoisotopic (exact) mass is 478 g/mol. The molecule has 0 spiro atoms. The first kappa shape index (κ1) is 23.8. The lowest BCUT2D eigenvalue weighted by molar-refractivity contribution is -0.117. The second-order valence-electron chi connectivity index (χ2n) is 8.16. The van der Waals surface area contributed by atoms with E-state index in [4.69, 9.17) is 0 Å². The maximum atomic E-state index is 14.2. The van der Waals surface area contributed by atoms with Crippen molar-refractivity contribution in [3.63, 3.8) is 0 Å². The van der Waals surface area contributed by atoms with Crippen LogP contribution in [-0.4, -0.2) is 34.8 Å². The molecule has 176 valence electrons. The lowest BCUT2D eigenvalue weighted by atomic mass is 10.1. The van der Waals surface area contributed by atoms with Crippen molar-refractivity contribution in [3.05, 3.63) is 82.6 Å². The molecule has 4 rings (SSSR count). The van der Waals surface area contributed by atoms with Crippen molar-refractivity contribution < 1.29 is 14.0 Å². The number of para-hydroxylation sites is 1. The number of thiazole rings is 1. The number of halogens is 1. The second-order valence-corrected chi connectivity index (χ2v) is 9.00. The van der Waals surface area contributed by atoms with Gasteiger partial charge in [0.2, 0.25) is 11.8 Å². The van der Waals surface area contributed by atoms with Crippen LogP contribution in [-0.2, 0) is 22.7 Å². The minimum absolute atomic E-state index is 0.144. The molecule has 2 heterocycles. The Morgan fingerprint density at radius 2 is 1.82 bits per heavy atom. The molecule has 0 atom stereocenters. The van der Waals surface area contributed by atoms with Gasteiger partial charge in [-0.15, -0.1) is 11.3 Å². The number of likely N-dealkylation sites (tertiary alicyclic amines) is 1. The molecule has 1 fully saturated rings. The summed E-state index contributed by atoms with van der Waals surface area (Å²) in [4.78, 5) is 32.6. The highest BCUT2D eigenvalue weighted by Crippen LogP contribution is 2.31. The summed E-state index contributed by atoms with van der Waals surface area (Å²) in [6.07, 6.45) is 5.49. The van der Waals surface area contributed by atoms with Gasteiger partial charge in [-0.25, -0.2) is 9.37 Å². The molecule has 1 N–H and O–H groups in total. The Morgan fingerprint density at radius 1 is 1.12 bits per heavy atom. The van der Waals surface area contributed by atoms with Crippen LogP contribution in [0.4, 0.5) is 15.2 Å². The zero-order valence-electron chi connectivity index (χ0n) is 19.0. The quantitative estimate of drug-likeness (QED) is 0.468. The number of benzene rings is 2. The maximum absolute atomic E-state index is 14.2. The number of rotatable bonds is 8. The molecule has 2 amide bonds. The summed E-state index contributed by atoms with van der Waals surface area (Å²) in [5.74, 6) is -1.09. The standard InChI is InChI=1S/C26H27FN4O2S/c1-19(32)31(24-11-5-4-10-23(24)27)26-29-22(18-34-26)12-13-25(33)28-16-20-8-2-3-9-21(20)17-30-14-6-7-15-30/h2-5,8-13,18H,6-7,14-17H2,1H3,(H,28,33)/b13-12+. The third kappa shape index (κ3) is 5.95. The van der Waals surface area contributed by atoms with E-state index >= 15 is 0 Å². The largest absolute Gasteiger partial charge is 0.348 e. The van der Waals surface area contributed by atoms with Gasteiger partial charge in [0, 0.05) is 31.5 Å². The van der Waals surface area contributed by atoms with Crippen LogP contribution in [0, 0.1) is 5.82 Å². The molecule has 1 aliphatic heterocycles. The van der Waals surface area contributed by atoms with Crippen molar-refractivity contribution in [2.45, 2.75) is 32.9 Å². The maximum Gasteiger partial charge on any atom is 0.244 e. The molecule has 3 aromatic rings. The minimum atomic E-state index is -0.505. The molecule has 0 bridgehead atoms. The number of anilines is 2. The summed E-state index contributed by atoms with van der Waals surface area (Å²) in [6, 6.07) is 14.2. The van der Waals surface area contributed by atoms with Crippen molar-refractivity contribution in [1.29, 1.82) is 0 Å². The summed E-state index contributed by atoms with van der Waals surface area (Å²) in [6.45, 7) is 4.95. The molecule has 6 nitrogen and oxygen atoms in total. The van der Waals surface area contributed by atoms with Gasteiger partial charge in [-0.1, -0.05) is 36.4 Å². The van der Waals surface area contributed by atoms with Gasteiger partial charge in [-0.2, -0.15) is 0 Å². The van der Waals surface area contributed by atoms with E-state index < -0.39 is 5.82 Å². The molecular weight excluding hydrogens is 451 g/mol. The lowest BCUT2D eigenvalue weighted by Gasteiger charge is -2.18. The van der Waals surface area contributed by atoms with Crippen LogP contribution in [0.3, 0.4) is 0 Å². The summed E-state index contributed by atoms with van der Waals surface area (Å²) in [5, 5.41) is 5.00. The molecule has 34 heavy (non-hydrogen) atoms. The molecule has 1 aliphatic rings. The van der Waals surface area contributed by atoms with Crippen LogP contribution in [0.2, 0.25) is 0 Å². The van der Waals surface area contributed by atoms with Crippen molar-refractivity contribution in [1.82, 2.24) is 15.2 Å². The van der Waals surface area contributed by atoms with Crippen molar-refractivity contribution in [3.8, 4) is 0 Å². The predicted molar refractivity (Wildman–Crippen MR) is 133 cm³/mol. The summed E-state index contributed by atoms with van der Waals surface area (Å²) in [5.41, 5.74) is 3.00. The van der Waals surface area contributed by atoms with Crippen LogP contribution in [0.25, 0.3) is 6.08 Å². The van der Waals surface area contributed by atoms with Gasteiger partial charge in [0.15, 0.2) is 5.13 Å². The second kappa shape index (κ2) is 11.2. The van der Waals surface area contributed by atoms with E-state index in [1.54, 1.807) is 23.6 Å². The lowest BCUT2D eigenvalue weighted by Crippen LogP contribution is -2.23. The van der Waals surface area contributed by atoms with Gasteiger partial charge < -0.3 is 5.32 Å². The highest BCUT2D eigenvalue weighted by atomic mass is 32.1. The van der Waals surface area contributed by atoms with E-state index in [0.717, 1.165) is 25.2 Å². The number of carbonyl (C=O) groups excluding carboxylic acids is 2. The Morgan fingerprint density at radius 3 is 2.56 bits per heavy atom. The fourth-order valence-corrected chi connectivity index (χ4v) is 4.81. The van der Waals surface area contributed by atoms with E-state index in [0.29, 0.717) is 17.4 Å². The average molecular weight is 479 g/mol. The topological polar surface area (TPSA) is 65.5 Å². The first-order valence-corrected chi connectivity index (χ1v) is 12.1. The summed E-state index contributed by atoms with van der Waals surface area (Å²) < 4.78 is 14.2. The van der Waals surface area contributed by atoms with Crippen molar-refractivity contribution in [2.75, 3.05) is 18.0 Å². The van der Waals surface area contributed by atoms with Gasteiger partial charge >= 0.3 is 0 Å². The van der Waals surface area contributed by atoms with E-state index in [-0.39, 0.29) is 17.5 Å². The SMILES string of the molecule is CC(=O)N(c1nc(/C=C/C(=O)NCc2ccccc2CN2CCCC2)cs1)c1ccccc1F. The van der Waals surface area contributed by atoms with Crippen LogP contribution >= 0.6 is 11.3 Å². The first-order chi connectivity index (χ1) is 16.5. The van der Waals surface area contributed by atoms with Gasteiger partial charge in [-0.3, -0.25) is 19.4 Å². The van der Waals surface area contributed by atoms with Gasteiger partial charge in [-0.05, 0) is 55.3 Å². The van der Waals surface area contributed by atoms with Crippen LogP contribution in [0.5, 0.6) is 0 Å². The number of amides is 2. The van der Waals surface area contributed by atoms with Crippen LogP contribution in [0.15, 0.2) is 60.0 Å². The molecule has 0 unspecified atom stereocenters. The van der Waals surface area contributed by atoms with Crippen LogP contribution < -0.4 is 10.2 Å². The van der Waals surface area contributed by atoms with Crippen molar-refractivity contribution >= 4 is 40.0 Å². The number of hydrogen-bond acceptors (Lipinski definition) is 5. The highest BCUT2D eigenvalue weighted by molar-refractivity contribution is 7.14. The first-order valence-electron chi connectivity index (χ1n) is 11.3. The number of hydrogen-bond donors (Lipinski definition) is 1. The predicted octanol–water partition coefficient (Wildman–Crippen LogP) is 4.89. The van der Waals surface area contributed by atoms with Gasteiger partial charge in [0.25, 0.3) is 0 Å². The number of carbonyl (C=O) groups is 2. The Hall–Kier alpha value is -3.36. The Balaban J connectivity index is 1.38. The number of aromatic nitrogens is 1.